The number of nitro benzene ring substituents is 1. The van der Waals surface area contributed by atoms with Crippen LogP contribution in [0.3, 0.4) is 0 Å². The lowest BCUT2D eigenvalue weighted by Crippen LogP contribution is -2.31. The summed E-state index contributed by atoms with van der Waals surface area (Å²) >= 11 is 0. The number of amides is 2. The molecular weight excluding hydrogens is 530 g/mol. The zero-order chi connectivity index (χ0) is 28.2. The number of nitro groups is 1. The molecule has 10 heteroatoms. The Morgan fingerprint density at radius 1 is 0.800 bits per heavy atom. The van der Waals surface area contributed by atoms with Crippen molar-refractivity contribution in [3.05, 3.63) is 130 Å². The molecule has 0 atom stereocenters. The Morgan fingerprint density at radius 2 is 1.40 bits per heavy atom. The molecule has 0 unspecified atom stereocenters. The number of rotatable bonds is 6. The van der Waals surface area contributed by atoms with Crippen LogP contribution in [0.2, 0.25) is 0 Å². The van der Waals surface area contributed by atoms with E-state index >= 15 is 0 Å². The summed E-state index contributed by atoms with van der Waals surface area (Å²) in [5.74, 6) is -1.09. The highest BCUT2D eigenvalue weighted by Crippen LogP contribution is 2.40. The van der Waals surface area contributed by atoms with Gasteiger partial charge in [0.15, 0.2) is 0 Å². The second-order valence-corrected chi connectivity index (χ2v) is 11.3. The van der Waals surface area contributed by atoms with Gasteiger partial charge in [-0.3, -0.25) is 24.6 Å². The molecule has 0 fully saturated rings. The number of fused-ring (bicyclic) bond motifs is 2. The Morgan fingerprint density at radius 3 is 2.00 bits per heavy atom. The van der Waals surface area contributed by atoms with Crippen LogP contribution in [-0.4, -0.2) is 34.0 Å². The monoisotopic (exact) mass is 551 g/mol. The minimum absolute atomic E-state index is 0.00317. The molecule has 40 heavy (non-hydrogen) atoms. The van der Waals surface area contributed by atoms with E-state index in [2.05, 4.69) is 0 Å². The first-order chi connectivity index (χ1) is 19.2. The van der Waals surface area contributed by atoms with Crippen LogP contribution in [0.1, 0.15) is 32.0 Å². The number of hydrogen-bond acceptors (Lipinski definition) is 6. The third-order valence-electron chi connectivity index (χ3n) is 7.02. The fourth-order valence-electron chi connectivity index (χ4n) is 5.11. The maximum Gasteiger partial charge on any atom is 0.270 e. The van der Waals surface area contributed by atoms with Crippen molar-refractivity contribution in [3.8, 4) is 11.1 Å². The first kappa shape index (κ1) is 25.2. The number of imide groups is 1. The van der Waals surface area contributed by atoms with Gasteiger partial charge in [-0.1, -0.05) is 60.2 Å². The normalized spacial score (nSPS) is 13.2. The van der Waals surface area contributed by atoms with E-state index in [0.29, 0.717) is 16.5 Å². The van der Waals surface area contributed by atoms with Crippen molar-refractivity contribution in [1.82, 2.24) is 8.87 Å². The van der Waals surface area contributed by atoms with E-state index < -0.39 is 26.8 Å². The highest BCUT2D eigenvalue weighted by Gasteiger charge is 2.38. The molecule has 4 aromatic carbocycles. The molecular formula is C30H21N3O6S. The summed E-state index contributed by atoms with van der Waals surface area (Å²) in [6.45, 7) is 1.46. The molecule has 1 aliphatic heterocycles. The van der Waals surface area contributed by atoms with Crippen LogP contribution in [0.15, 0.2) is 102 Å². The van der Waals surface area contributed by atoms with Crippen molar-refractivity contribution in [2.24, 2.45) is 0 Å². The van der Waals surface area contributed by atoms with E-state index in [0.717, 1.165) is 14.4 Å². The maximum absolute atomic E-state index is 14.2. The molecule has 0 N–H and O–H groups in total. The van der Waals surface area contributed by atoms with Gasteiger partial charge in [-0.2, -0.15) is 0 Å². The first-order valence-electron chi connectivity index (χ1n) is 12.3. The molecule has 2 amide bonds. The molecule has 6 rings (SSSR count). The highest BCUT2D eigenvalue weighted by atomic mass is 32.2. The van der Waals surface area contributed by atoms with Gasteiger partial charge < -0.3 is 0 Å². The Bertz CT molecular complexity index is 1930. The summed E-state index contributed by atoms with van der Waals surface area (Å²) in [4.78, 5) is 38.9. The zero-order valence-electron chi connectivity index (χ0n) is 21.1. The Balaban J connectivity index is 1.68. The number of nitrogens with zero attached hydrogens (tertiary/aromatic N) is 3. The number of non-ortho nitro benzene ring substituents is 1. The molecule has 1 aromatic heterocycles. The van der Waals surface area contributed by atoms with Crippen LogP contribution in [0, 0.1) is 17.0 Å². The van der Waals surface area contributed by atoms with Gasteiger partial charge in [-0.15, -0.1) is 0 Å². The number of carbonyl (C=O) groups excluding carboxylic acids is 2. The van der Waals surface area contributed by atoms with Crippen molar-refractivity contribution < 1.29 is 22.9 Å². The smallest absolute Gasteiger partial charge is 0.269 e. The summed E-state index contributed by atoms with van der Waals surface area (Å²) < 4.78 is 29.6. The van der Waals surface area contributed by atoms with Gasteiger partial charge in [0, 0.05) is 23.1 Å². The summed E-state index contributed by atoms with van der Waals surface area (Å²) in [6, 6.07) is 25.5. The molecule has 0 saturated heterocycles. The van der Waals surface area contributed by atoms with Crippen molar-refractivity contribution >= 4 is 38.4 Å². The van der Waals surface area contributed by atoms with Crippen molar-refractivity contribution in [2.45, 2.75) is 18.4 Å². The third-order valence-corrected chi connectivity index (χ3v) is 8.79. The predicted molar refractivity (Wildman–Crippen MR) is 148 cm³/mol. The van der Waals surface area contributed by atoms with Crippen LogP contribution in [-0.2, 0) is 16.6 Å². The van der Waals surface area contributed by atoms with Crippen LogP contribution in [0.5, 0.6) is 0 Å². The molecule has 198 valence electrons. The molecule has 0 bridgehead atoms. The number of carbonyl (C=O) groups is 2. The second-order valence-electron chi connectivity index (χ2n) is 9.47. The molecule has 1 aliphatic rings. The lowest BCUT2D eigenvalue weighted by molar-refractivity contribution is -0.384. The summed E-state index contributed by atoms with van der Waals surface area (Å²) in [6.07, 6.45) is 0. The SMILES string of the molecule is Cc1ccc(S(=O)(=O)n2c(CN3C(=O)c4ccccc4C3=O)c(-c3ccccc3)c3cc([N+](=O)[O-])ccc32)cc1. The first-order valence-corrected chi connectivity index (χ1v) is 13.8. The molecule has 0 spiro atoms. The van der Waals surface area contributed by atoms with E-state index in [-0.39, 0.29) is 39.5 Å². The van der Waals surface area contributed by atoms with E-state index in [9.17, 15) is 28.1 Å². The minimum Gasteiger partial charge on any atom is -0.269 e. The lowest BCUT2D eigenvalue weighted by Gasteiger charge is -2.19. The average Bonchev–Trinajstić information content (AvgIpc) is 3.41. The maximum atomic E-state index is 14.2. The molecule has 5 aromatic rings. The fraction of sp³-hybridized carbons (Fsp3) is 0.0667. The Hall–Kier alpha value is -5.09. The quantitative estimate of drug-likeness (QED) is 0.155. The number of benzene rings is 4. The van der Waals surface area contributed by atoms with Gasteiger partial charge in [-0.05, 0) is 42.8 Å². The van der Waals surface area contributed by atoms with Crippen LogP contribution >= 0.6 is 0 Å². The van der Waals surface area contributed by atoms with Gasteiger partial charge >= 0.3 is 0 Å². The van der Waals surface area contributed by atoms with E-state index in [1.54, 1.807) is 66.7 Å². The Kier molecular flexibility index (Phi) is 5.85. The predicted octanol–water partition coefficient (Wildman–Crippen LogP) is 5.56. The number of aryl methyl sites for hydroxylation is 1. The summed E-state index contributed by atoms with van der Waals surface area (Å²) in [5.41, 5.74) is 2.39. The average molecular weight is 552 g/mol. The van der Waals surface area contributed by atoms with E-state index in [1.165, 1.54) is 30.3 Å². The van der Waals surface area contributed by atoms with E-state index in [1.807, 2.05) is 6.92 Å². The van der Waals surface area contributed by atoms with Crippen molar-refractivity contribution in [2.75, 3.05) is 0 Å². The standard InChI is InChI=1S/C30H21N3O6S/c1-19-11-14-22(15-12-19)40(38,39)32-26-16-13-21(33(36)37)17-25(26)28(20-7-3-2-4-8-20)27(32)18-31-29(34)23-9-5-6-10-24(23)30(31)35/h2-17H,18H2,1H3. The zero-order valence-corrected chi connectivity index (χ0v) is 22.0. The topological polar surface area (TPSA) is 120 Å². The van der Waals surface area contributed by atoms with Gasteiger partial charge in [0.25, 0.3) is 27.5 Å². The summed E-state index contributed by atoms with van der Waals surface area (Å²) in [7, 11) is -4.28. The molecule has 0 aliphatic carbocycles. The molecule has 0 saturated carbocycles. The van der Waals surface area contributed by atoms with Crippen LogP contribution < -0.4 is 0 Å². The van der Waals surface area contributed by atoms with Crippen molar-refractivity contribution in [1.29, 1.82) is 0 Å². The molecule has 9 nitrogen and oxygen atoms in total. The lowest BCUT2D eigenvalue weighted by atomic mass is 10.0. The molecule has 2 heterocycles. The number of aromatic nitrogens is 1. The molecule has 0 radical (unpaired) electrons. The van der Waals surface area contributed by atoms with Gasteiger partial charge in [0.05, 0.1) is 38.7 Å². The minimum atomic E-state index is -4.28. The summed E-state index contributed by atoms with van der Waals surface area (Å²) in [5, 5.41) is 12.0. The van der Waals surface area contributed by atoms with Crippen molar-refractivity contribution in [3.63, 3.8) is 0 Å². The highest BCUT2D eigenvalue weighted by molar-refractivity contribution is 7.90. The second kappa shape index (κ2) is 9.28. The Labute approximate surface area is 229 Å². The van der Waals surface area contributed by atoms with Crippen LogP contribution in [0.25, 0.3) is 22.0 Å². The van der Waals surface area contributed by atoms with Gasteiger partial charge in [-0.25, -0.2) is 12.4 Å². The third kappa shape index (κ3) is 3.88. The largest absolute Gasteiger partial charge is 0.270 e. The fourth-order valence-corrected chi connectivity index (χ4v) is 6.66. The van der Waals surface area contributed by atoms with Gasteiger partial charge in [0.2, 0.25) is 0 Å². The number of hydrogen-bond donors (Lipinski definition) is 0. The van der Waals surface area contributed by atoms with Gasteiger partial charge in [0.1, 0.15) is 0 Å². The van der Waals surface area contributed by atoms with Crippen LogP contribution in [0.4, 0.5) is 5.69 Å². The van der Waals surface area contributed by atoms with E-state index in [4.69, 9.17) is 0 Å².